The molecule has 1 aliphatic carbocycles. The monoisotopic (exact) mass is 464 g/mol. The van der Waals surface area contributed by atoms with Gasteiger partial charge in [-0.05, 0) is 96.5 Å². The van der Waals surface area contributed by atoms with E-state index < -0.39 is 0 Å². The molecule has 3 aromatic carbocycles. The SMILES string of the molecule is CCCCCCC1CCC(c2ccc(C#Cc3ccc4cc(CCCCC)ccc4c3)cc2)CC1. The van der Waals surface area contributed by atoms with Crippen LogP contribution in [0.15, 0.2) is 60.7 Å². The van der Waals surface area contributed by atoms with Crippen molar-refractivity contribution in [2.24, 2.45) is 5.92 Å². The molecule has 3 aromatic rings. The zero-order valence-corrected chi connectivity index (χ0v) is 22.1. The van der Waals surface area contributed by atoms with Crippen molar-refractivity contribution in [2.45, 2.75) is 103 Å². The summed E-state index contributed by atoms with van der Waals surface area (Å²) in [5.41, 5.74) is 5.17. The fourth-order valence-corrected chi connectivity index (χ4v) is 5.73. The van der Waals surface area contributed by atoms with Crippen molar-refractivity contribution in [3.63, 3.8) is 0 Å². The zero-order chi connectivity index (χ0) is 24.3. The van der Waals surface area contributed by atoms with Gasteiger partial charge in [0.15, 0.2) is 0 Å². The van der Waals surface area contributed by atoms with Gasteiger partial charge in [0, 0.05) is 11.1 Å². The molecule has 4 rings (SSSR count). The van der Waals surface area contributed by atoms with E-state index in [1.807, 2.05) is 0 Å². The molecule has 0 heterocycles. The molecule has 184 valence electrons. The van der Waals surface area contributed by atoms with Crippen LogP contribution < -0.4 is 0 Å². The Kier molecular flexibility index (Phi) is 9.89. The van der Waals surface area contributed by atoms with E-state index in [1.54, 1.807) is 0 Å². The first-order valence-electron chi connectivity index (χ1n) is 14.4. The first kappa shape index (κ1) is 25.6. The number of hydrogen-bond acceptors (Lipinski definition) is 0. The minimum absolute atomic E-state index is 0.747. The number of rotatable bonds is 10. The Bertz CT molecular complexity index is 1100. The maximum atomic E-state index is 3.39. The molecular weight excluding hydrogens is 420 g/mol. The van der Waals surface area contributed by atoms with Gasteiger partial charge in [-0.3, -0.25) is 0 Å². The molecule has 0 radical (unpaired) electrons. The third-order valence-corrected chi connectivity index (χ3v) is 8.02. The van der Waals surface area contributed by atoms with Crippen molar-refractivity contribution in [1.29, 1.82) is 0 Å². The summed E-state index contributed by atoms with van der Waals surface area (Å²) in [7, 11) is 0. The Balaban J connectivity index is 1.31. The van der Waals surface area contributed by atoms with Gasteiger partial charge in [-0.25, -0.2) is 0 Å². The number of fused-ring (bicyclic) bond motifs is 1. The zero-order valence-electron chi connectivity index (χ0n) is 22.1. The molecule has 0 aromatic heterocycles. The summed E-state index contributed by atoms with van der Waals surface area (Å²) in [6, 6.07) is 22.6. The van der Waals surface area contributed by atoms with Crippen molar-refractivity contribution >= 4 is 10.8 Å². The van der Waals surface area contributed by atoms with Crippen LogP contribution in [-0.2, 0) is 6.42 Å². The first-order chi connectivity index (χ1) is 17.2. The molecule has 0 amide bonds. The third-order valence-electron chi connectivity index (χ3n) is 8.02. The molecular formula is C35H44. The quantitative estimate of drug-likeness (QED) is 0.207. The fourth-order valence-electron chi connectivity index (χ4n) is 5.73. The van der Waals surface area contributed by atoms with Crippen LogP contribution in [-0.4, -0.2) is 0 Å². The lowest BCUT2D eigenvalue weighted by Crippen LogP contribution is -2.13. The molecule has 0 N–H and O–H groups in total. The smallest absolute Gasteiger partial charge is 0.0255 e. The van der Waals surface area contributed by atoms with Gasteiger partial charge in [0.25, 0.3) is 0 Å². The second kappa shape index (κ2) is 13.5. The summed E-state index contributed by atoms with van der Waals surface area (Å²) < 4.78 is 0. The number of aryl methyl sites for hydroxylation is 1. The highest BCUT2D eigenvalue weighted by atomic mass is 14.3. The lowest BCUT2D eigenvalue weighted by atomic mass is 9.77. The van der Waals surface area contributed by atoms with Gasteiger partial charge in [-0.2, -0.15) is 0 Å². The minimum Gasteiger partial charge on any atom is -0.0654 e. The standard InChI is InChI=1S/C35H44/c1-3-5-7-9-10-28-14-20-32(21-15-28)33-22-16-29(17-23-33)12-13-31-19-25-34-26-30(11-8-6-4-2)18-24-35(34)27-31/h16-19,22-28,32H,3-11,14-15,20-21H2,1-2H3. The predicted molar refractivity (Wildman–Crippen MR) is 153 cm³/mol. The molecule has 0 unspecified atom stereocenters. The lowest BCUT2D eigenvalue weighted by Gasteiger charge is -2.29. The molecule has 0 nitrogen and oxygen atoms in total. The molecule has 1 aliphatic rings. The van der Waals surface area contributed by atoms with Crippen LogP contribution in [0.5, 0.6) is 0 Å². The Morgan fingerprint density at radius 3 is 2.06 bits per heavy atom. The Labute approximate surface area is 214 Å². The normalized spacial score (nSPS) is 17.8. The Hall–Kier alpha value is -2.52. The number of unbranched alkanes of at least 4 members (excludes halogenated alkanes) is 5. The topological polar surface area (TPSA) is 0 Å². The molecule has 0 atom stereocenters. The van der Waals surface area contributed by atoms with E-state index in [-0.39, 0.29) is 0 Å². The summed E-state index contributed by atoms with van der Waals surface area (Å²) in [6.45, 7) is 4.56. The lowest BCUT2D eigenvalue weighted by molar-refractivity contribution is 0.302. The Morgan fingerprint density at radius 2 is 1.29 bits per heavy atom. The number of benzene rings is 3. The highest BCUT2D eigenvalue weighted by Crippen LogP contribution is 2.37. The molecule has 35 heavy (non-hydrogen) atoms. The molecule has 1 fully saturated rings. The van der Waals surface area contributed by atoms with Crippen LogP contribution >= 0.6 is 0 Å². The van der Waals surface area contributed by atoms with E-state index in [0.717, 1.165) is 23.0 Å². The average molecular weight is 465 g/mol. The van der Waals surface area contributed by atoms with Crippen molar-refractivity contribution in [2.75, 3.05) is 0 Å². The van der Waals surface area contributed by atoms with Gasteiger partial charge in [0.2, 0.25) is 0 Å². The van der Waals surface area contributed by atoms with Crippen LogP contribution in [0.2, 0.25) is 0 Å². The van der Waals surface area contributed by atoms with Gasteiger partial charge < -0.3 is 0 Å². The van der Waals surface area contributed by atoms with Crippen LogP contribution in [0.1, 0.15) is 119 Å². The maximum absolute atomic E-state index is 3.39. The van der Waals surface area contributed by atoms with Gasteiger partial charge in [-0.15, -0.1) is 0 Å². The third kappa shape index (κ3) is 7.73. The van der Waals surface area contributed by atoms with Gasteiger partial charge >= 0.3 is 0 Å². The van der Waals surface area contributed by atoms with Gasteiger partial charge in [0.05, 0.1) is 0 Å². The average Bonchev–Trinajstić information content (AvgIpc) is 2.91. The molecule has 0 spiro atoms. The summed E-state index contributed by atoms with van der Waals surface area (Å²) >= 11 is 0. The van der Waals surface area contributed by atoms with Crippen molar-refractivity contribution in [3.05, 3.63) is 82.9 Å². The molecule has 0 heteroatoms. The van der Waals surface area contributed by atoms with E-state index >= 15 is 0 Å². The van der Waals surface area contributed by atoms with Crippen LogP contribution in [0.4, 0.5) is 0 Å². The minimum atomic E-state index is 0.747. The second-order valence-corrected chi connectivity index (χ2v) is 10.8. The molecule has 0 aliphatic heterocycles. The van der Waals surface area contributed by atoms with Gasteiger partial charge in [-0.1, -0.05) is 107 Å². The fraction of sp³-hybridized carbons (Fsp3) is 0.486. The van der Waals surface area contributed by atoms with E-state index in [1.165, 1.54) is 105 Å². The van der Waals surface area contributed by atoms with Crippen LogP contribution in [0.25, 0.3) is 10.8 Å². The highest BCUT2D eigenvalue weighted by Gasteiger charge is 2.21. The van der Waals surface area contributed by atoms with Crippen LogP contribution in [0.3, 0.4) is 0 Å². The predicted octanol–water partition coefficient (Wildman–Crippen LogP) is 10.2. The van der Waals surface area contributed by atoms with Crippen molar-refractivity contribution < 1.29 is 0 Å². The van der Waals surface area contributed by atoms with Gasteiger partial charge in [0.1, 0.15) is 0 Å². The van der Waals surface area contributed by atoms with E-state index in [2.05, 4.69) is 86.4 Å². The largest absolute Gasteiger partial charge is 0.0654 e. The van der Waals surface area contributed by atoms with E-state index in [4.69, 9.17) is 0 Å². The summed E-state index contributed by atoms with van der Waals surface area (Å²) in [6.07, 6.45) is 17.7. The van der Waals surface area contributed by atoms with Crippen molar-refractivity contribution in [1.82, 2.24) is 0 Å². The van der Waals surface area contributed by atoms with E-state index in [9.17, 15) is 0 Å². The summed E-state index contributed by atoms with van der Waals surface area (Å²) in [4.78, 5) is 0. The number of hydrogen-bond donors (Lipinski definition) is 0. The van der Waals surface area contributed by atoms with Crippen LogP contribution in [0, 0.1) is 17.8 Å². The first-order valence-corrected chi connectivity index (χ1v) is 14.4. The Morgan fingerprint density at radius 1 is 0.629 bits per heavy atom. The maximum Gasteiger partial charge on any atom is 0.0255 e. The van der Waals surface area contributed by atoms with E-state index in [0.29, 0.717) is 0 Å². The highest BCUT2D eigenvalue weighted by molar-refractivity contribution is 5.84. The summed E-state index contributed by atoms with van der Waals surface area (Å²) in [5, 5.41) is 2.61. The second-order valence-electron chi connectivity index (χ2n) is 10.8. The van der Waals surface area contributed by atoms with Crippen molar-refractivity contribution in [3.8, 4) is 11.8 Å². The molecule has 0 saturated heterocycles. The molecule has 0 bridgehead atoms. The summed E-state index contributed by atoms with van der Waals surface area (Å²) in [5.74, 6) is 8.51. The molecule has 1 saturated carbocycles.